The van der Waals surface area contributed by atoms with Gasteiger partial charge in [-0.1, -0.05) is 23.7 Å². The monoisotopic (exact) mass is 238 g/mol. The molecule has 0 atom stereocenters. The molecule has 1 aromatic carbocycles. The average Bonchev–Trinajstić information content (AvgIpc) is 2.30. The van der Waals surface area contributed by atoms with Crippen LogP contribution in [0.15, 0.2) is 24.3 Å². The molecule has 88 valence electrons. The molecule has 1 saturated heterocycles. The normalized spacial score (nSPS) is 18.9. The highest BCUT2D eigenvalue weighted by molar-refractivity contribution is 6.30. The van der Waals surface area contributed by atoms with Crippen LogP contribution in [0.1, 0.15) is 24.3 Å². The summed E-state index contributed by atoms with van der Waals surface area (Å²) in [6, 6.07) is 8.28. The molecule has 0 unspecified atom stereocenters. The molecule has 0 bridgehead atoms. The fourth-order valence-electron chi connectivity index (χ4n) is 2.43. The van der Waals surface area contributed by atoms with Crippen LogP contribution in [0.5, 0.6) is 0 Å². The minimum atomic E-state index is 0.674. The fourth-order valence-corrected chi connectivity index (χ4v) is 2.63. The minimum absolute atomic E-state index is 0.674. The molecule has 2 N–H and O–H groups in total. The maximum Gasteiger partial charge on any atom is 0.0408 e. The number of likely N-dealkylation sites (tertiary alicyclic amines) is 1. The predicted octanol–water partition coefficient (Wildman–Crippen LogP) is 2.48. The van der Waals surface area contributed by atoms with Crippen molar-refractivity contribution in [3.05, 3.63) is 34.9 Å². The van der Waals surface area contributed by atoms with Gasteiger partial charge in [-0.25, -0.2) is 0 Å². The number of rotatable bonds is 3. The van der Waals surface area contributed by atoms with E-state index in [-0.39, 0.29) is 0 Å². The van der Waals surface area contributed by atoms with Crippen molar-refractivity contribution in [2.45, 2.75) is 18.8 Å². The third kappa shape index (κ3) is 2.97. The number of hydrogen-bond acceptors (Lipinski definition) is 2. The molecule has 1 heterocycles. The molecule has 0 aromatic heterocycles. The highest BCUT2D eigenvalue weighted by atomic mass is 35.5. The van der Waals surface area contributed by atoms with Crippen LogP contribution in [0.4, 0.5) is 0 Å². The first-order valence-corrected chi connectivity index (χ1v) is 6.35. The summed E-state index contributed by atoms with van der Waals surface area (Å²) in [6.45, 7) is 4.12. The van der Waals surface area contributed by atoms with Gasteiger partial charge in [-0.15, -0.1) is 0 Å². The minimum Gasteiger partial charge on any atom is -0.329 e. The number of nitrogens with zero attached hydrogens (tertiary/aromatic N) is 1. The third-order valence-corrected chi connectivity index (χ3v) is 3.59. The van der Waals surface area contributed by atoms with Crippen LogP contribution in [-0.2, 0) is 0 Å². The predicted molar refractivity (Wildman–Crippen MR) is 68.9 cm³/mol. The van der Waals surface area contributed by atoms with Gasteiger partial charge in [-0.2, -0.15) is 0 Å². The molecule has 0 amide bonds. The van der Waals surface area contributed by atoms with Gasteiger partial charge >= 0.3 is 0 Å². The van der Waals surface area contributed by atoms with E-state index in [1.54, 1.807) is 0 Å². The largest absolute Gasteiger partial charge is 0.329 e. The summed E-state index contributed by atoms with van der Waals surface area (Å²) >= 11 is 6.02. The second-order valence-electron chi connectivity index (χ2n) is 4.46. The fraction of sp³-hybridized carbons (Fsp3) is 0.538. The zero-order chi connectivity index (χ0) is 11.4. The molecule has 0 aliphatic carbocycles. The highest BCUT2D eigenvalue weighted by Crippen LogP contribution is 2.29. The number of halogens is 1. The van der Waals surface area contributed by atoms with Gasteiger partial charge in [0.05, 0.1) is 0 Å². The van der Waals surface area contributed by atoms with Crippen LogP contribution in [0, 0.1) is 0 Å². The summed E-state index contributed by atoms with van der Waals surface area (Å²) in [6.07, 6.45) is 2.45. The second kappa shape index (κ2) is 5.67. The van der Waals surface area contributed by atoms with E-state index in [1.165, 1.54) is 18.4 Å². The molecule has 16 heavy (non-hydrogen) atoms. The van der Waals surface area contributed by atoms with Crippen molar-refractivity contribution in [2.24, 2.45) is 5.73 Å². The molecule has 1 aliphatic rings. The first-order valence-electron chi connectivity index (χ1n) is 5.97. The lowest BCUT2D eigenvalue weighted by Crippen LogP contribution is -2.36. The van der Waals surface area contributed by atoms with E-state index in [9.17, 15) is 0 Å². The Labute approximate surface area is 102 Å². The van der Waals surface area contributed by atoms with Gasteiger partial charge in [0, 0.05) is 18.1 Å². The lowest BCUT2D eigenvalue weighted by molar-refractivity contribution is 0.218. The Kier molecular flexibility index (Phi) is 4.22. The van der Waals surface area contributed by atoms with Crippen molar-refractivity contribution < 1.29 is 0 Å². The van der Waals surface area contributed by atoms with Gasteiger partial charge in [0.1, 0.15) is 0 Å². The summed E-state index contributed by atoms with van der Waals surface area (Å²) in [7, 11) is 0. The van der Waals surface area contributed by atoms with Crippen molar-refractivity contribution >= 4 is 11.6 Å². The van der Waals surface area contributed by atoms with Gasteiger partial charge < -0.3 is 10.6 Å². The summed E-state index contributed by atoms with van der Waals surface area (Å²) in [5.41, 5.74) is 6.95. The molecule has 1 aliphatic heterocycles. The highest BCUT2D eigenvalue weighted by Gasteiger charge is 2.19. The van der Waals surface area contributed by atoms with Crippen LogP contribution >= 0.6 is 11.6 Å². The molecular weight excluding hydrogens is 220 g/mol. The van der Waals surface area contributed by atoms with E-state index in [0.29, 0.717) is 5.92 Å². The Hall–Kier alpha value is -0.570. The molecule has 2 nitrogen and oxygen atoms in total. The molecule has 0 spiro atoms. The Morgan fingerprint density at radius 3 is 2.69 bits per heavy atom. The number of nitrogens with two attached hydrogens (primary N) is 1. The maximum absolute atomic E-state index is 6.02. The van der Waals surface area contributed by atoms with Crippen LogP contribution in [0.2, 0.25) is 5.02 Å². The lowest BCUT2D eigenvalue weighted by atomic mass is 9.89. The molecule has 2 rings (SSSR count). The van der Waals surface area contributed by atoms with E-state index in [0.717, 1.165) is 31.2 Å². The smallest absolute Gasteiger partial charge is 0.0408 e. The molecule has 0 saturated carbocycles. The molecular formula is C13H19ClN2. The van der Waals surface area contributed by atoms with Gasteiger partial charge in [-0.05, 0) is 49.5 Å². The van der Waals surface area contributed by atoms with E-state index >= 15 is 0 Å². The number of hydrogen-bond donors (Lipinski definition) is 1. The second-order valence-corrected chi connectivity index (χ2v) is 4.90. The zero-order valence-electron chi connectivity index (χ0n) is 9.53. The summed E-state index contributed by atoms with van der Waals surface area (Å²) in [5.74, 6) is 0.674. The zero-order valence-corrected chi connectivity index (χ0v) is 10.3. The van der Waals surface area contributed by atoms with E-state index in [2.05, 4.69) is 17.0 Å². The van der Waals surface area contributed by atoms with Gasteiger partial charge in [-0.3, -0.25) is 0 Å². The van der Waals surface area contributed by atoms with Crippen molar-refractivity contribution in [3.8, 4) is 0 Å². The van der Waals surface area contributed by atoms with Crippen LogP contribution in [-0.4, -0.2) is 31.1 Å². The van der Waals surface area contributed by atoms with Gasteiger partial charge in [0.2, 0.25) is 0 Å². The Balaban J connectivity index is 1.94. The topological polar surface area (TPSA) is 29.3 Å². The molecule has 3 heteroatoms. The van der Waals surface area contributed by atoms with E-state index in [4.69, 9.17) is 17.3 Å². The number of piperidine rings is 1. The van der Waals surface area contributed by atoms with Gasteiger partial charge in [0.25, 0.3) is 0 Å². The summed E-state index contributed by atoms with van der Waals surface area (Å²) in [4.78, 5) is 2.45. The van der Waals surface area contributed by atoms with Crippen molar-refractivity contribution in [1.82, 2.24) is 4.90 Å². The van der Waals surface area contributed by atoms with Crippen LogP contribution in [0.3, 0.4) is 0 Å². The van der Waals surface area contributed by atoms with Crippen molar-refractivity contribution in [3.63, 3.8) is 0 Å². The standard InChI is InChI=1S/C13H19ClN2/c14-13-3-1-2-12(10-13)11-4-7-16(8-5-11)9-6-15/h1-3,10-11H,4-9,15H2. The quantitative estimate of drug-likeness (QED) is 0.877. The molecule has 1 aromatic rings. The Bertz CT molecular complexity index is 332. The SMILES string of the molecule is NCCN1CCC(c2cccc(Cl)c2)CC1. The first-order chi connectivity index (χ1) is 7.79. The van der Waals surface area contributed by atoms with Gasteiger partial charge in [0.15, 0.2) is 0 Å². The maximum atomic E-state index is 6.02. The van der Waals surface area contributed by atoms with Crippen LogP contribution in [0.25, 0.3) is 0 Å². The summed E-state index contributed by atoms with van der Waals surface area (Å²) < 4.78 is 0. The Morgan fingerprint density at radius 1 is 1.31 bits per heavy atom. The van der Waals surface area contributed by atoms with Crippen molar-refractivity contribution in [1.29, 1.82) is 0 Å². The third-order valence-electron chi connectivity index (χ3n) is 3.35. The Morgan fingerprint density at radius 2 is 2.06 bits per heavy atom. The summed E-state index contributed by atoms with van der Waals surface area (Å²) in [5, 5.41) is 0.849. The van der Waals surface area contributed by atoms with Crippen molar-refractivity contribution in [2.75, 3.05) is 26.2 Å². The van der Waals surface area contributed by atoms with Crippen LogP contribution < -0.4 is 5.73 Å². The molecule has 1 fully saturated rings. The molecule has 0 radical (unpaired) electrons. The average molecular weight is 239 g/mol. The van der Waals surface area contributed by atoms with E-state index < -0.39 is 0 Å². The number of benzene rings is 1. The first kappa shape index (κ1) is 11.9. The van der Waals surface area contributed by atoms with E-state index in [1.807, 2.05) is 12.1 Å². The lowest BCUT2D eigenvalue weighted by Gasteiger charge is -2.31.